The number of nitrogens with one attached hydrogen (secondary N) is 1. The van der Waals surface area contributed by atoms with Gasteiger partial charge < -0.3 is 10.4 Å². The molecule has 1 fully saturated rings. The van der Waals surface area contributed by atoms with E-state index in [1.807, 2.05) is 0 Å². The molecule has 0 amide bonds. The molecule has 1 saturated carbocycles. The fraction of sp³-hybridized carbons (Fsp3) is 0.571. The van der Waals surface area contributed by atoms with E-state index in [4.69, 9.17) is 5.11 Å². The zero-order chi connectivity index (χ0) is 13.8. The van der Waals surface area contributed by atoms with Crippen LogP contribution in [0.4, 0.5) is 5.82 Å². The van der Waals surface area contributed by atoms with E-state index in [2.05, 4.69) is 33.2 Å². The van der Waals surface area contributed by atoms with Gasteiger partial charge in [-0.3, -0.25) is 0 Å². The van der Waals surface area contributed by atoms with E-state index in [0.29, 0.717) is 16.2 Å². The first kappa shape index (κ1) is 14.3. The normalized spacial score (nSPS) is 23.1. The molecule has 5 heteroatoms. The van der Waals surface area contributed by atoms with Gasteiger partial charge in [-0.05, 0) is 46.7 Å². The Bertz CT molecular complexity index is 457. The third-order valence-corrected chi connectivity index (χ3v) is 4.21. The molecule has 19 heavy (non-hydrogen) atoms. The molecule has 0 aromatic carbocycles. The van der Waals surface area contributed by atoms with E-state index in [1.165, 1.54) is 25.7 Å². The number of rotatable bonds is 4. The van der Waals surface area contributed by atoms with Crippen LogP contribution in [0.2, 0.25) is 0 Å². The molecule has 1 heterocycles. The summed E-state index contributed by atoms with van der Waals surface area (Å²) in [6, 6.07) is 1.58. The van der Waals surface area contributed by atoms with Gasteiger partial charge in [-0.1, -0.05) is 19.8 Å². The van der Waals surface area contributed by atoms with E-state index in [-0.39, 0.29) is 5.56 Å². The molecular formula is C14H19BrN2O2. The molecule has 0 bridgehead atoms. The summed E-state index contributed by atoms with van der Waals surface area (Å²) in [7, 11) is 0. The summed E-state index contributed by atoms with van der Waals surface area (Å²) in [5.41, 5.74) is 0.221. The number of aromatic nitrogens is 1. The third kappa shape index (κ3) is 3.93. The summed E-state index contributed by atoms with van der Waals surface area (Å²) in [5, 5.41) is 12.4. The highest BCUT2D eigenvalue weighted by Crippen LogP contribution is 2.28. The molecule has 2 N–H and O–H groups in total. The van der Waals surface area contributed by atoms with Crippen LogP contribution in [0, 0.1) is 11.8 Å². The Hall–Kier alpha value is -1.10. The zero-order valence-electron chi connectivity index (χ0n) is 11.0. The summed E-state index contributed by atoms with van der Waals surface area (Å²) in [5.74, 6) is 0.975. The molecule has 0 spiro atoms. The summed E-state index contributed by atoms with van der Waals surface area (Å²) in [6.45, 7) is 3.10. The number of carboxylic acid groups (broad SMARTS) is 1. The predicted octanol–water partition coefficient (Wildman–Crippen LogP) is 3.78. The lowest BCUT2D eigenvalue weighted by Crippen LogP contribution is -2.21. The number of nitrogens with zero attached hydrogens (tertiary/aromatic N) is 1. The smallest absolute Gasteiger partial charge is 0.339 e. The van der Waals surface area contributed by atoms with Crippen molar-refractivity contribution < 1.29 is 9.90 Å². The maximum Gasteiger partial charge on any atom is 0.339 e. The van der Waals surface area contributed by atoms with Crippen molar-refractivity contribution in [3.05, 3.63) is 22.3 Å². The lowest BCUT2D eigenvalue weighted by Gasteiger charge is -2.26. The van der Waals surface area contributed by atoms with Crippen LogP contribution >= 0.6 is 15.9 Å². The second-order valence-corrected chi connectivity index (χ2v) is 6.28. The topological polar surface area (TPSA) is 62.2 Å². The number of pyridine rings is 1. The van der Waals surface area contributed by atoms with Crippen LogP contribution < -0.4 is 5.32 Å². The number of hydrogen-bond acceptors (Lipinski definition) is 3. The third-order valence-electron chi connectivity index (χ3n) is 3.78. The van der Waals surface area contributed by atoms with Crippen molar-refractivity contribution in [3.8, 4) is 0 Å². The lowest BCUT2D eigenvalue weighted by molar-refractivity contribution is 0.0697. The Kier molecular flexibility index (Phi) is 4.80. The number of hydrogen-bond donors (Lipinski definition) is 2. The maximum atomic E-state index is 11.2. The standard InChI is InChI=1S/C14H19BrN2O2/c1-9-2-4-10(5-3-9)7-16-13-12(14(18)19)6-11(15)8-17-13/h6,8-10H,2-5,7H2,1H3,(H,16,17)(H,18,19). The summed E-state index contributed by atoms with van der Waals surface area (Å²) in [4.78, 5) is 15.3. The minimum absolute atomic E-state index is 0.221. The van der Waals surface area contributed by atoms with E-state index < -0.39 is 5.97 Å². The molecule has 0 aliphatic heterocycles. The molecule has 1 aliphatic carbocycles. The second kappa shape index (κ2) is 6.37. The highest BCUT2D eigenvalue weighted by atomic mass is 79.9. The maximum absolute atomic E-state index is 11.2. The molecular weight excluding hydrogens is 308 g/mol. The highest BCUT2D eigenvalue weighted by Gasteiger charge is 2.19. The van der Waals surface area contributed by atoms with Gasteiger partial charge in [0.2, 0.25) is 0 Å². The van der Waals surface area contributed by atoms with Gasteiger partial charge >= 0.3 is 5.97 Å². The molecule has 0 atom stereocenters. The molecule has 1 aromatic rings. The van der Waals surface area contributed by atoms with Gasteiger partial charge in [-0.2, -0.15) is 0 Å². The first-order valence-corrected chi connectivity index (χ1v) is 7.48. The van der Waals surface area contributed by atoms with Gasteiger partial charge in [0.05, 0.1) is 0 Å². The van der Waals surface area contributed by atoms with Gasteiger partial charge in [0.25, 0.3) is 0 Å². The summed E-state index contributed by atoms with van der Waals surface area (Å²) < 4.78 is 0.682. The van der Waals surface area contributed by atoms with Gasteiger partial charge in [-0.25, -0.2) is 9.78 Å². The van der Waals surface area contributed by atoms with Crippen LogP contribution in [0.5, 0.6) is 0 Å². The molecule has 0 radical (unpaired) electrons. The number of halogens is 1. The first-order chi connectivity index (χ1) is 9.06. The Morgan fingerprint density at radius 1 is 1.47 bits per heavy atom. The quantitative estimate of drug-likeness (QED) is 0.883. The largest absolute Gasteiger partial charge is 0.478 e. The van der Waals surface area contributed by atoms with Crippen molar-refractivity contribution in [2.45, 2.75) is 32.6 Å². The van der Waals surface area contributed by atoms with E-state index in [1.54, 1.807) is 12.3 Å². The van der Waals surface area contributed by atoms with Gasteiger partial charge in [0.1, 0.15) is 11.4 Å². The fourth-order valence-electron chi connectivity index (χ4n) is 2.52. The second-order valence-electron chi connectivity index (χ2n) is 5.36. The molecule has 0 saturated heterocycles. The van der Waals surface area contributed by atoms with Crippen molar-refractivity contribution in [2.75, 3.05) is 11.9 Å². The molecule has 1 aromatic heterocycles. The number of carbonyl (C=O) groups is 1. The number of carboxylic acids is 1. The average molecular weight is 327 g/mol. The van der Waals surface area contributed by atoms with Crippen molar-refractivity contribution in [2.24, 2.45) is 11.8 Å². The summed E-state index contributed by atoms with van der Waals surface area (Å²) >= 11 is 3.25. The molecule has 0 unspecified atom stereocenters. The van der Waals surface area contributed by atoms with Crippen LogP contribution in [0.15, 0.2) is 16.7 Å². The highest BCUT2D eigenvalue weighted by molar-refractivity contribution is 9.10. The SMILES string of the molecule is CC1CCC(CNc2ncc(Br)cc2C(=O)O)CC1. The Morgan fingerprint density at radius 3 is 2.79 bits per heavy atom. The van der Waals surface area contributed by atoms with Crippen molar-refractivity contribution in [1.29, 1.82) is 0 Å². The zero-order valence-corrected chi connectivity index (χ0v) is 12.6. The molecule has 104 valence electrons. The van der Waals surface area contributed by atoms with Crippen molar-refractivity contribution in [1.82, 2.24) is 4.98 Å². The molecule has 1 aliphatic rings. The average Bonchev–Trinajstić information content (AvgIpc) is 2.39. The van der Waals surface area contributed by atoms with E-state index in [0.717, 1.165) is 12.5 Å². The Labute approximate surface area is 121 Å². The van der Waals surface area contributed by atoms with Gasteiger partial charge in [0.15, 0.2) is 0 Å². The minimum Gasteiger partial charge on any atom is -0.478 e. The first-order valence-electron chi connectivity index (χ1n) is 6.69. The van der Waals surface area contributed by atoms with Crippen molar-refractivity contribution >= 4 is 27.7 Å². The predicted molar refractivity (Wildman–Crippen MR) is 78.5 cm³/mol. The lowest BCUT2D eigenvalue weighted by atomic mass is 9.83. The van der Waals surface area contributed by atoms with Gasteiger partial charge in [0, 0.05) is 17.2 Å². The Balaban J connectivity index is 1.97. The molecule has 2 rings (SSSR count). The van der Waals surface area contributed by atoms with Crippen molar-refractivity contribution in [3.63, 3.8) is 0 Å². The number of anilines is 1. The van der Waals surface area contributed by atoms with E-state index in [9.17, 15) is 4.79 Å². The summed E-state index contributed by atoms with van der Waals surface area (Å²) in [6.07, 6.45) is 6.59. The fourth-order valence-corrected chi connectivity index (χ4v) is 2.85. The number of aromatic carboxylic acids is 1. The Morgan fingerprint density at radius 2 is 2.16 bits per heavy atom. The van der Waals surface area contributed by atoms with Crippen LogP contribution in [-0.2, 0) is 0 Å². The van der Waals surface area contributed by atoms with Crippen LogP contribution in [0.1, 0.15) is 43.0 Å². The minimum atomic E-state index is -0.950. The van der Waals surface area contributed by atoms with Crippen LogP contribution in [0.3, 0.4) is 0 Å². The molecule has 4 nitrogen and oxygen atoms in total. The monoisotopic (exact) mass is 326 g/mol. The van der Waals surface area contributed by atoms with Crippen LogP contribution in [0.25, 0.3) is 0 Å². The van der Waals surface area contributed by atoms with Gasteiger partial charge in [-0.15, -0.1) is 0 Å². The van der Waals surface area contributed by atoms with Crippen LogP contribution in [-0.4, -0.2) is 22.6 Å². The van der Waals surface area contributed by atoms with E-state index >= 15 is 0 Å².